The largest absolute Gasteiger partial charge is 0.458 e. The Bertz CT molecular complexity index is 992. The summed E-state index contributed by atoms with van der Waals surface area (Å²) < 4.78 is 55.7. The van der Waals surface area contributed by atoms with E-state index >= 15 is 0 Å². The van der Waals surface area contributed by atoms with Crippen LogP contribution in [0.4, 0.5) is 13.2 Å². The quantitative estimate of drug-likeness (QED) is 0.335. The van der Waals surface area contributed by atoms with Crippen molar-refractivity contribution in [2.75, 3.05) is 0 Å². The van der Waals surface area contributed by atoms with E-state index in [0.717, 1.165) is 19.3 Å². The summed E-state index contributed by atoms with van der Waals surface area (Å²) in [4.78, 5) is 38.4. The molecule has 0 aromatic heterocycles. The highest BCUT2D eigenvalue weighted by atomic mass is 19.4. The van der Waals surface area contributed by atoms with E-state index in [1.165, 1.54) is 6.42 Å². The molecular formula is C25H29F3O6. The normalized spacial score (nSPS) is 49.4. The number of carbonyl (C=O) groups is 3. The van der Waals surface area contributed by atoms with Crippen LogP contribution in [0.15, 0.2) is 12.2 Å². The monoisotopic (exact) mass is 482 g/mol. The summed E-state index contributed by atoms with van der Waals surface area (Å²) in [7, 11) is 0. The molecule has 186 valence electrons. The number of halogens is 3. The molecule has 6 fully saturated rings. The molecular weight excluding hydrogens is 453 g/mol. The summed E-state index contributed by atoms with van der Waals surface area (Å²) in [5.74, 6) is -4.02. The molecule has 6 nitrogen and oxygen atoms in total. The molecule has 4 bridgehead atoms. The molecule has 1 spiro atoms. The van der Waals surface area contributed by atoms with E-state index in [4.69, 9.17) is 14.2 Å². The van der Waals surface area contributed by atoms with Crippen molar-refractivity contribution in [1.82, 2.24) is 0 Å². The molecule has 1 saturated heterocycles. The molecule has 0 N–H and O–H groups in total. The Morgan fingerprint density at radius 1 is 1.15 bits per heavy atom. The Hall–Kier alpha value is -2.06. The summed E-state index contributed by atoms with van der Waals surface area (Å²) in [6.07, 6.45) is -1.41. The lowest BCUT2D eigenvalue weighted by Gasteiger charge is -2.48. The predicted molar refractivity (Wildman–Crippen MR) is 110 cm³/mol. The van der Waals surface area contributed by atoms with Gasteiger partial charge in [-0.25, -0.2) is 4.79 Å². The van der Waals surface area contributed by atoms with Gasteiger partial charge in [0.15, 0.2) is 0 Å². The first-order chi connectivity index (χ1) is 15.9. The van der Waals surface area contributed by atoms with E-state index in [2.05, 4.69) is 13.5 Å². The first-order valence-electron chi connectivity index (χ1n) is 12.3. The molecule has 5 saturated carbocycles. The van der Waals surface area contributed by atoms with Crippen LogP contribution in [0, 0.1) is 46.8 Å². The van der Waals surface area contributed by atoms with Gasteiger partial charge in [0.05, 0.1) is 11.8 Å². The van der Waals surface area contributed by atoms with Gasteiger partial charge in [-0.15, -0.1) is 0 Å². The molecule has 0 aromatic carbocycles. The van der Waals surface area contributed by atoms with E-state index in [9.17, 15) is 27.6 Å². The molecule has 0 aromatic rings. The van der Waals surface area contributed by atoms with Gasteiger partial charge in [0, 0.05) is 11.8 Å². The topological polar surface area (TPSA) is 78.9 Å². The molecule has 6 aliphatic rings. The van der Waals surface area contributed by atoms with Crippen LogP contribution in [-0.2, 0) is 28.6 Å². The van der Waals surface area contributed by atoms with Crippen LogP contribution in [0.3, 0.4) is 0 Å². The highest BCUT2D eigenvalue weighted by Crippen LogP contribution is 2.74. The summed E-state index contributed by atoms with van der Waals surface area (Å²) >= 11 is 0. The maximum atomic E-state index is 13.7. The minimum Gasteiger partial charge on any atom is -0.458 e. The molecule has 10 unspecified atom stereocenters. The summed E-state index contributed by atoms with van der Waals surface area (Å²) in [5, 5.41) is 0. The summed E-state index contributed by atoms with van der Waals surface area (Å²) in [6, 6.07) is 0. The average Bonchev–Trinajstić information content (AvgIpc) is 3.09. The maximum absolute atomic E-state index is 13.7. The number of carbonyl (C=O) groups excluding carboxylic acids is 3. The van der Waals surface area contributed by atoms with Crippen LogP contribution in [-0.4, -0.2) is 41.9 Å². The Balaban J connectivity index is 1.24. The number of esters is 3. The third-order valence-corrected chi connectivity index (χ3v) is 10.3. The lowest BCUT2D eigenvalue weighted by atomic mass is 9.65. The van der Waals surface area contributed by atoms with Gasteiger partial charge in [-0.3, -0.25) is 9.59 Å². The van der Waals surface area contributed by atoms with Crippen LogP contribution < -0.4 is 0 Å². The standard InChI is InChI=1S/C25H29F3O6/c1-4-24(10(2)7-23-8-12(23)5-13(24)9-23)34-22(31)17-15-6-14-16(17)21(30)33-19(14)18(15)32-20(29)11(3)25(26,27)28/h10,12-19H,3-9H2,1-2H3/t10?,12?,13?,14?,15?,16-,17?,18?,19?,23?,24?/m0/s1. The van der Waals surface area contributed by atoms with Crippen LogP contribution in [0.25, 0.3) is 0 Å². The van der Waals surface area contributed by atoms with E-state index in [-0.39, 0.29) is 17.8 Å². The fraction of sp³-hybridized carbons (Fsp3) is 0.800. The number of hydrogen-bond acceptors (Lipinski definition) is 6. The van der Waals surface area contributed by atoms with Crippen molar-refractivity contribution in [3.05, 3.63) is 12.2 Å². The number of hydrogen-bond donors (Lipinski definition) is 0. The lowest BCUT2D eigenvalue weighted by molar-refractivity contribution is -0.194. The second kappa shape index (κ2) is 6.78. The number of fused-ring (bicyclic) bond motifs is 2. The van der Waals surface area contributed by atoms with Crippen LogP contribution >= 0.6 is 0 Å². The van der Waals surface area contributed by atoms with Gasteiger partial charge in [-0.1, -0.05) is 20.4 Å². The van der Waals surface area contributed by atoms with E-state index in [1.807, 2.05) is 6.92 Å². The minimum atomic E-state index is -4.92. The van der Waals surface area contributed by atoms with Gasteiger partial charge in [0.2, 0.25) is 0 Å². The molecule has 34 heavy (non-hydrogen) atoms. The molecule has 1 aliphatic heterocycles. The lowest BCUT2D eigenvalue weighted by Crippen LogP contribution is -2.53. The number of rotatable bonds is 5. The highest BCUT2D eigenvalue weighted by Gasteiger charge is 2.72. The Morgan fingerprint density at radius 2 is 1.85 bits per heavy atom. The zero-order valence-corrected chi connectivity index (χ0v) is 19.2. The third kappa shape index (κ3) is 2.78. The highest BCUT2D eigenvalue weighted by molar-refractivity contribution is 5.90. The number of ether oxygens (including phenoxy) is 3. The second-order valence-electron chi connectivity index (χ2n) is 11.6. The molecule has 5 aliphatic carbocycles. The average molecular weight is 482 g/mol. The van der Waals surface area contributed by atoms with Crippen LogP contribution in [0.5, 0.6) is 0 Å². The van der Waals surface area contributed by atoms with E-state index in [1.54, 1.807) is 0 Å². The molecule has 0 radical (unpaired) electrons. The Labute approximate surface area is 195 Å². The zero-order valence-electron chi connectivity index (χ0n) is 19.2. The van der Waals surface area contributed by atoms with E-state index < -0.39 is 65.2 Å². The van der Waals surface area contributed by atoms with E-state index in [0.29, 0.717) is 24.2 Å². The summed E-state index contributed by atoms with van der Waals surface area (Å²) in [6.45, 7) is 6.96. The third-order valence-electron chi connectivity index (χ3n) is 10.3. The van der Waals surface area contributed by atoms with Crippen molar-refractivity contribution in [3.8, 4) is 0 Å². The van der Waals surface area contributed by atoms with Crippen molar-refractivity contribution in [1.29, 1.82) is 0 Å². The predicted octanol–water partition coefficient (Wildman–Crippen LogP) is 3.97. The van der Waals surface area contributed by atoms with Gasteiger partial charge >= 0.3 is 24.1 Å². The molecule has 6 rings (SSSR count). The fourth-order valence-corrected chi connectivity index (χ4v) is 8.75. The SMILES string of the molecule is C=C(C(=O)OC1C2CC3C1OC(=O)[C@@H]3C2C(=O)OC1(CC)C(C)CC23CC2CC1C3)C(F)(F)F. The maximum Gasteiger partial charge on any atom is 0.422 e. The van der Waals surface area contributed by atoms with Crippen molar-refractivity contribution in [2.24, 2.45) is 46.8 Å². The zero-order chi connectivity index (χ0) is 24.4. The Morgan fingerprint density at radius 3 is 2.53 bits per heavy atom. The molecule has 0 amide bonds. The van der Waals surface area contributed by atoms with Gasteiger partial charge in [0.1, 0.15) is 23.4 Å². The van der Waals surface area contributed by atoms with Crippen LogP contribution in [0.1, 0.15) is 52.4 Å². The Kier molecular flexibility index (Phi) is 4.47. The van der Waals surface area contributed by atoms with Gasteiger partial charge in [-0.2, -0.15) is 13.2 Å². The van der Waals surface area contributed by atoms with Gasteiger partial charge < -0.3 is 14.2 Å². The minimum absolute atomic E-state index is 0.193. The van der Waals surface area contributed by atoms with Gasteiger partial charge in [0.25, 0.3) is 0 Å². The van der Waals surface area contributed by atoms with Crippen molar-refractivity contribution in [3.63, 3.8) is 0 Å². The first kappa shape index (κ1) is 22.4. The van der Waals surface area contributed by atoms with Gasteiger partial charge in [-0.05, 0) is 61.7 Å². The molecule has 1 heterocycles. The molecule has 11 atom stereocenters. The van der Waals surface area contributed by atoms with Crippen LogP contribution in [0.2, 0.25) is 0 Å². The number of alkyl halides is 3. The van der Waals surface area contributed by atoms with Crippen molar-refractivity contribution < 1.29 is 41.8 Å². The summed E-state index contributed by atoms with van der Waals surface area (Å²) in [5.41, 5.74) is -1.80. The fourth-order valence-electron chi connectivity index (χ4n) is 8.75. The second-order valence-corrected chi connectivity index (χ2v) is 11.6. The smallest absolute Gasteiger partial charge is 0.422 e. The van der Waals surface area contributed by atoms with Crippen molar-refractivity contribution >= 4 is 17.9 Å². The van der Waals surface area contributed by atoms with Crippen molar-refractivity contribution in [2.45, 2.75) is 76.4 Å². The first-order valence-corrected chi connectivity index (χ1v) is 12.3. The molecule has 9 heteroatoms.